The minimum atomic E-state index is -0.163. The first-order valence-electron chi connectivity index (χ1n) is 8.49. The number of hydrogen-bond donors (Lipinski definition) is 2. The number of hydrogen-bond acceptors (Lipinski definition) is 5. The van der Waals surface area contributed by atoms with E-state index >= 15 is 0 Å². The van der Waals surface area contributed by atoms with Crippen LogP contribution in [0.2, 0.25) is 0 Å². The van der Waals surface area contributed by atoms with E-state index in [1.54, 1.807) is 16.8 Å². The fraction of sp³-hybridized carbons (Fsp3) is 0.263. The highest BCUT2D eigenvalue weighted by Crippen LogP contribution is 2.40. The topological polar surface area (TPSA) is 75.1 Å². The van der Waals surface area contributed by atoms with Gasteiger partial charge < -0.3 is 15.0 Å². The molecule has 4 rings (SSSR count). The first-order chi connectivity index (χ1) is 12.6. The summed E-state index contributed by atoms with van der Waals surface area (Å²) in [7, 11) is 2.03. The molecule has 1 fully saturated rings. The molecule has 0 saturated heterocycles. The summed E-state index contributed by atoms with van der Waals surface area (Å²) in [6.45, 7) is 0.230. The van der Waals surface area contributed by atoms with Crippen molar-refractivity contribution < 1.29 is 4.74 Å². The standard InChI is InChI=1S/C19H20N4O2S/c1-22-17-8-13(4-5-16(17)21-19(22)12-2-3-12)23-7-6-14(9-18(23)24)25-11-15(26)10-20/h4-10,12,26H,2-3,11,20H2,1H3/b15-10-. The van der Waals surface area contributed by atoms with Crippen molar-refractivity contribution in [1.29, 1.82) is 0 Å². The highest BCUT2D eigenvalue weighted by molar-refractivity contribution is 7.84. The Bertz CT molecular complexity index is 1060. The lowest BCUT2D eigenvalue weighted by molar-refractivity contribution is 0.358. The van der Waals surface area contributed by atoms with Crippen LogP contribution >= 0.6 is 12.6 Å². The molecule has 0 unspecified atom stereocenters. The lowest BCUT2D eigenvalue weighted by atomic mass is 10.2. The van der Waals surface area contributed by atoms with Gasteiger partial charge in [0.05, 0.1) is 16.7 Å². The van der Waals surface area contributed by atoms with Crippen LogP contribution in [0, 0.1) is 0 Å². The molecule has 0 aliphatic heterocycles. The molecule has 6 nitrogen and oxygen atoms in total. The zero-order valence-corrected chi connectivity index (χ0v) is 15.3. The van der Waals surface area contributed by atoms with Crippen molar-refractivity contribution in [2.75, 3.05) is 6.61 Å². The lowest BCUT2D eigenvalue weighted by Crippen LogP contribution is -2.17. The van der Waals surface area contributed by atoms with Gasteiger partial charge in [-0.15, -0.1) is 12.6 Å². The van der Waals surface area contributed by atoms with Crippen LogP contribution in [0.15, 0.2) is 52.4 Å². The third-order valence-corrected chi connectivity index (χ3v) is 4.87. The molecule has 7 heteroatoms. The maximum atomic E-state index is 12.5. The average Bonchev–Trinajstić information content (AvgIpc) is 3.44. The van der Waals surface area contributed by atoms with E-state index in [1.807, 2.05) is 25.2 Å². The van der Waals surface area contributed by atoms with Gasteiger partial charge in [0.15, 0.2) is 0 Å². The van der Waals surface area contributed by atoms with Gasteiger partial charge in [0.1, 0.15) is 18.2 Å². The molecule has 0 spiro atoms. The predicted molar refractivity (Wildman–Crippen MR) is 105 cm³/mol. The number of fused-ring (bicyclic) bond motifs is 1. The van der Waals surface area contributed by atoms with Crippen molar-refractivity contribution >= 4 is 23.7 Å². The number of ether oxygens (including phenoxy) is 1. The van der Waals surface area contributed by atoms with Gasteiger partial charge in [-0.25, -0.2) is 4.98 Å². The van der Waals surface area contributed by atoms with Crippen LogP contribution in [-0.4, -0.2) is 20.7 Å². The van der Waals surface area contributed by atoms with E-state index < -0.39 is 0 Å². The van der Waals surface area contributed by atoms with E-state index in [0.29, 0.717) is 16.6 Å². The molecule has 1 aromatic carbocycles. The van der Waals surface area contributed by atoms with Gasteiger partial charge in [-0.2, -0.15) is 0 Å². The summed E-state index contributed by atoms with van der Waals surface area (Å²) in [6, 6.07) is 9.09. The molecule has 3 aromatic rings. The third kappa shape index (κ3) is 3.10. The van der Waals surface area contributed by atoms with E-state index in [-0.39, 0.29) is 12.2 Å². The summed E-state index contributed by atoms with van der Waals surface area (Å²) in [5.41, 5.74) is 7.99. The molecule has 0 radical (unpaired) electrons. The van der Waals surface area contributed by atoms with Crippen molar-refractivity contribution in [2.24, 2.45) is 12.8 Å². The Kier molecular flexibility index (Phi) is 4.24. The second-order valence-corrected chi connectivity index (χ2v) is 7.07. The van der Waals surface area contributed by atoms with E-state index in [1.165, 1.54) is 25.1 Å². The lowest BCUT2D eigenvalue weighted by Gasteiger charge is -2.09. The van der Waals surface area contributed by atoms with Crippen molar-refractivity contribution in [2.45, 2.75) is 18.8 Å². The molecule has 2 N–H and O–H groups in total. The molecular weight excluding hydrogens is 348 g/mol. The number of thiol groups is 1. The Morgan fingerprint density at radius 1 is 1.38 bits per heavy atom. The van der Waals surface area contributed by atoms with E-state index in [2.05, 4.69) is 17.2 Å². The van der Waals surface area contributed by atoms with Crippen molar-refractivity contribution in [3.05, 3.63) is 63.8 Å². The fourth-order valence-electron chi connectivity index (χ4n) is 3.02. The van der Waals surface area contributed by atoms with Crippen molar-refractivity contribution in [1.82, 2.24) is 14.1 Å². The molecule has 1 aliphatic rings. The molecule has 1 saturated carbocycles. The Hall–Kier alpha value is -2.67. The highest BCUT2D eigenvalue weighted by atomic mass is 32.1. The average molecular weight is 368 g/mol. The maximum absolute atomic E-state index is 12.5. The minimum absolute atomic E-state index is 0.163. The summed E-state index contributed by atoms with van der Waals surface area (Å²) in [5.74, 6) is 2.19. The molecule has 2 heterocycles. The van der Waals surface area contributed by atoms with Gasteiger partial charge in [0.25, 0.3) is 5.56 Å². The summed E-state index contributed by atoms with van der Waals surface area (Å²) >= 11 is 4.15. The summed E-state index contributed by atoms with van der Waals surface area (Å²) < 4.78 is 9.23. The Balaban J connectivity index is 1.66. The van der Waals surface area contributed by atoms with Crippen LogP contribution in [-0.2, 0) is 7.05 Å². The van der Waals surface area contributed by atoms with E-state index in [0.717, 1.165) is 22.5 Å². The highest BCUT2D eigenvalue weighted by Gasteiger charge is 2.28. The summed E-state index contributed by atoms with van der Waals surface area (Å²) in [5, 5.41) is 0. The van der Waals surface area contributed by atoms with Crippen LogP contribution in [0.5, 0.6) is 5.75 Å². The number of nitrogens with zero attached hydrogens (tertiary/aromatic N) is 3. The second kappa shape index (κ2) is 6.57. The smallest absolute Gasteiger partial charge is 0.258 e. The third-order valence-electron chi connectivity index (χ3n) is 4.59. The molecule has 0 bridgehead atoms. The monoisotopic (exact) mass is 368 g/mol. The molecule has 2 aromatic heterocycles. The number of pyridine rings is 1. The maximum Gasteiger partial charge on any atom is 0.258 e. The number of rotatable bonds is 5. The van der Waals surface area contributed by atoms with E-state index in [4.69, 9.17) is 15.5 Å². The van der Waals surface area contributed by atoms with Gasteiger partial charge in [-0.1, -0.05) is 0 Å². The van der Waals surface area contributed by atoms with Crippen molar-refractivity contribution in [3.8, 4) is 11.4 Å². The number of imidazole rings is 1. The minimum Gasteiger partial charge on any atom is -0.488 e. The van der Waals surface area contributed by atoms with Crippen LogP contribution < -0.4 is 16.0 Å². The predicted octanol–water partition coefficient (Wildman–Crippen LogP) is 2.71. The Morgan fingerprint density at radius 2 is 2.19 bits per heavy atom. The van der Waals surface area contributed by atoms with Crippen molar-refractivity contribution in [3.63, 3.8) is 0 Å². The number of aromatic nitrogens is 3. The summed E-state index contributed by atoms with van der Waals surface area (Å²) in [6.07, 6.45) is 5.49. The molecule has 1 aliphatic carbocycles. The van der Waals surface area contributed by atoms with Crippen LogP contribution in [0.4, 0.5) is 0 Å². The quantitative estimate of drug-likeness (QED) is 0.679. The van der Waals surface area contributed by atoms with E-state index in [9.17, 15) is 4.79 Å². The molecule has 0 amide bonds. The molecule has 0 atom stereocenters. The van der Waals surface area contributed by atoms with Crippen LogP contribution in [0.3, 0.4) is 0 Å². The second-order valence-electron chi connectivity index (χ2n) is 6.49. The van der Waals surface area contributed by atoms with Gasteiger partial charge in [0.2, 0.25) is 0 Å². The number of benzene rings is 1. The van der Waals surface area contributed by atoms with Gasteiger partial charge in [-0.05, 0) is 37.1 Å². The fourth-order valence-corrected chi connectivity index (χ4v) is 3.09. The van der Waals surface area contributed by atoms with Gasteiger partial charge in [-0.3, -0.25) is 9.36 Å². The largest absolute Gasteiger partial charge is 0.488 e. The first kappa shape index (κ1) is 16.8. The van der Waals surface area contributed by atoms with Gasteiger partial charge >= 0.3 is 0 Å². The van der Waals surface area contributed by atoms with Crippen LogP contribution in [0.25, 0.3) is 16.7 Å². The van der Waals surface area contributed by atoms with Crippen LogP contribution in [0.1, 0.15) is 24.6 Å². The molecular formula is C19H20N4O2S. The SMILES string of the molecule is Cn1c(C2CC2)nc2ccc(-n3ccc(OC/C(S)=C/N)cc3=O)cc21. The van der Waals surface area contributed by atoms with Gasteiger partial charge in [0, 0.05) is 36.3 Å². The molecule has 134 valence electrons. The Labute approximate surface area is 156 Å². The Morgan fingerprint density at radius 3 is 2.88 bits per heavy atom. The number of nitrogens with two attached hydrogens (primary N) is 1. The number of aryl methyl sites for hydroxylation is 1. The zero-order chi connectivity index (χ0) is 18.3. The first-order valence-corrected chi connectivity index (χ1v) is 8.93. The normalized spacial score (nSPS) is 14.8. The zero-order valence-electron chi connectivity index (χ0n) is 14.4. The molecule has 26 heavy (non-hydrogen) atoms. The summed E-state index contributed by atoms with van der Waals surface area (Å²) in [4.78, 5) is 17.8.